The highest BCUT2D eigenvalue weighted by Crippen LogP contribution is 2.31. The lowest BCUT2D eigenvalue weighted by Gasteiger charge is -2.28. The number of carbonyl (C=O) groups is 2. The van der Waals surface area contributed by atoms with Crippen molar-refractivity contribution >= 4 is 39.2 Å². The molecule has 4 rings (SSSR count). The molecule has 1 N–H and O–H groups in total. The number of Topliss-reactive ketones (excluding diaryl/α,β-unsaturated/α-hetero) is 1. The number of carbonyl (C=O) groups excluding carboxylic acids is 2. The number of likely N-dealkylation sites (tertiary alicyclic amines) is 1. The molecule has 0 radical (unpaired) electrons. The Morgan fingerprint density at radius 2 is 1.64 bits per heavy atom. The van der Waals surface area contributed by atoms with Crippen LogP contribution in [0.15, 0.2) is 94.7 Å². The molecule has 2 atom stereocenters. The lowest BCUT2D eigenvalue weighted by Crippen LogP contribution is -2.51. The van der Waals surface area contributed by atoms with Crippen LogP contribution in [0.5, 0.6) is 0 Å². The van der Waals surface area contributed by atoms with Crippen LogP contribution in [-0.4, -0.2) is 47.9 Å². The van der Waals surface area contributed by atoms with Crippen molar-refractivity contribution < 1.29 is 22.9 Å². The number of amides is 1. The number of nitrogens with one attached hydrogen (secondary N) is 1. The third kappa shape index (κ3) is 5.99. The fourth-order valence-electron chi connectivity index (χ4n) is 3.86. The monoisotopic (exact) mass is 525 g/mol. The third-order valence-corrected chi connectivity index (χ3v) is 8.44. The van der Waals surface area contributed by atoms with Gasteiger partial charge in [-0.2, -0.15) is 4.72 Å². The van der Waals surface area contributed by atoms with Gasteiger partial charge in [0.1, 0.15) is 11.4 Å². The summed E-state index contributed by atoms with van der Waals surface area (Å²) in [6, 6.07) is 21.4. The first-order chi connectivity index (χ1) is 17.2. The molecule has 3 aromatic carbocycles. The van der Waals surface area contributed by atoms with Crippen molar-refractivity contribution in [2.75, 3.05) is 6.54 Å². The Morgan fingerprint density at radius 3 is 2.25 bits per heavy atom. The van der Waals surface area contributed by atoms with Gasteiger partial charge in [-0.15, -0.1) is 0 Å². The Kier molecular flexibility index (Phi) is 7.82. The standard InChI is InChI=1S/C25H23N3O6S2/c29-23-15-16-27(25(23)35-20-9-5-2-6-10-20)24(30)22(17-18-7-3-1-4-8-18)26-36(33,34)21-13-11-19(12-14-21)28(31)32/h1-14,22,25-26H,15-17H2/t22-,25?/m0/s1. The molecular weight excluding hydrogens is 502 g/mol. The first-order valence-electron chi connectivity index (χ1n) is 11.1. The van der Waals surface area contributed by atoms with Crippen LogP contribution in [0.4, 0.5) is 5.69 Å². The lowest BCUT2D eigenvalue weighted by atomic mass is 10.1. The largest absolute Gasteiger partial charge is 0.321 e. The van der Waals surface area contributed by atoms with Gasteiger partial charge in [-0.05, 0) is 36.2 Å². The maximum atomic E-state index is 13.7. The van der Waals surface area contributed by atoms with E-state index in [1.54, 1.807) is 24.3 Å². The number of nitro benzene ring substituents is 1. The van der Waals surface area contributed by atoms with Crippen LogP contribution >= 0.6 is 11.8 Å². The van der Waals surface area contributed by atoms with Crippen molar-refractivity contribution in [1.82, 2.24) is 9.62 Å². The van der Waals surface area contributed by atoms with E-state index in [9.17, 15) is 28.1 Å². The fraction of sp³-hybridized carbons (Fsp3) is 0.200. The summed E-state index contributed by atoms with van der Waals surface area (Å²) in [4.78, 5) is 38.7. The zero-order chi connectivity index (χ0) is 25.7. The molecule has 3 aromatic rings. The van der Waals surface area contributed by atoms with Crippen LogP contribution < -0.4 is 4.72 Å². The normalized spacial score (nSPS) is 16.6. The molecule has 9 nitrogen and oxygen atoms in total. The number of benzene rings is 3. The Morgan fingerprint density at radius 1 is 1.03 bits per heavy atom. The Hall–Kier alpha value is -3.54. The van der Waals surface area contributed by atoms with E-state index < -0.39 is 32.3 Å². The van der Waals surface area contributed by atoms with Gasteiger partial charge in [0.15, 0.2) is 5.78 Å². The topological polar surface area (TPSA) is 127 Å². The number of hydrogen-bond acceptors (Lipinski definition) is 7. The predicted octanol–water partition coefficient (Wildman–Crippen LogP) is 3.40. The van der Waals surface area contributed by atoms with Crippen LogP contribution in [0.2, 0.25) is 0 Å². The van der Waals surface area contributed by atoms with Gasteiger partial charge in [0.05, 0.1) is 9.82 Å². The quantitative estimate of drug-likeness (QED) is 0.335. The molecule has 1 aliphatic rings. The Labute approximate surface area is 212 Å². The van der Waals surface area contributed by atoms with Crippen molar-refractivity contribution in [3.8, 4) is 0 Å². The molecule has 36 heavy (non-hydrogen) atoms. The molecule has 1 fully saturated rings. The minimum atomic E-state index is -4.20. The number of hydrogen-bond donors (Lipinski definition) is 1. The maximum absolute atomic E-state index is 13.7. The molecule has 1 unspecified atom stereocenters. The molecule has 186 valence electrons. The summed E-state index contributed by atoms with van der Waals surface area (Å²) in [5, 5.41) is 10.2. The van der Waals surface area contributed by atoms with Crippen LogP contribution in [0.25, 0.3) is 0 Å². The summed E-state index contributed by atoms with van der Waals surface area (Å²) >= 11 is 1.25. The molecule has 1 heterocycles. The Balaban J connectivity index is 1.61. The number of nitrogens with zero attached hydrogens (tertiary/aromatic N) is 2. The molecule has 0 saturated carbocycles. The zero-order valence-electron chi connectivity index (χ0n) is 19.0. The minimum absolute atomic E-state index is 0.0687. The summed E-state index contributed by atoms with van der Waals surface area (Å²) in [7, 11) is -4.20. The van der Waals surface area contributed by atoms with Gasteiger partial charge >= 0.3 is 0 Å². The summed E-state index contributed by atoms with van der Waals surface area (Å²) in [6.07, 6.45) is 0.253. The second-order valence-corrected chi connectivity index (χ2v) is 11.0. The molecule has 0 spiro atoms. The molecular formula is C25H23N3O6S2. The summed E-state index contributed by atoms with van der Waals surface area (Å²) in [5.74, 6) is -0.613. The zero-order valence-corrected chi connectivity index (χ0v) is 20.7. The van der Waals surface area contributed by atoms with Crippen molar-refractivity contribution in [3.63, 3.8) is 0 Å². The van der Waals surface area contributed by atoms with E-state index in [1.807, 2.05) is 36.4 Å². The predicted molar refractivity (Wildman–Crippen MR) is 135 cm³/mol. The number of sulfonamides is 1. The molecule has 1 amide bonds. The van der Waals surface area contributed by atoms with Crippen LogP contribution in [0.1, 0.15) is 12.0 Å². The van der Waals surface area contributed by atoms with E-state index in [0.717, 1.165) is 34.7 Å². The highest BCUT2D eigenvalue weighted by Gasteiger charge is 2.40. The second kappa shape index (κ2) is 11.0. The first kappa shape index (κ1) is 25.5. The number of nitro groups is 1. The van der Waals surface area contributed by atoms with E-state index in [1.165, 1.54) is 16.7 Å². The van der Waals surface area contributed by atoms with E-state index >= 15 is 0 Å². The fourth-order valence-corrected chi connectivity index (χ4v) is 6.21. The molecule has 1 saturated heterocycles. The lowest BCUT2D eigenvalue weighted by molar-refractivity contribution is -0.384. The van der Waals surface area contributed by atoms with Gasteiger partial charge in [-0.3, -0.25) is 19.7 Å². The summed E-state index contributed by atoms with van der Waals surface area (Å²) in [6.45, 7) is 0.187. The molecule has 0 bridgehead atoms. The molecule has 11 heteroatoms. The third-order valence-electron chi connectivity index (χ3n) is 5.67. The van der Waals surface area contributed by atoms with Gasteiger partial charge in [-0.25, -0.2) is 8.42 Å². The average molecular weight is 526 g/mol. The number of thioether (sulfide) groups is 1. The molecule has 0 aromatic heterocycles. The maximum Gasteiger partial charge on any atom is 0.269 e. The van der Waals surface area contributed by atoms with Gasteiger partial charge in [-0.1, -0.05) is 60.3 Å². The van der Waals surface area contributed by atoms with Gasteiger partial charge in [0, 0.05) is 30.0 Å². The second-order valence-electron chi connectivity index (χ2n) is 8.15. The highest BCUT2D eigenvalue weighted by molar-refractivity contribution is 8.00. The van der Waals surface area contributed by atoms with E-state index in [0.29, 0.717) is 0 Å². The number of non-ortho nitro benzene ring substituents is 1. The van der Waals surface area contributed by atoms with Crippen molar-refractivity contribution in [2.24, 2.45) is 0 Å². The van der Waals surface area contributed by atoms with Crippen LogP contribution in [-0.2, 0) is 26.0 Å². The SMILES string of the molecule is O=C1CCN(C(=O)[C@H](Cc2ccccc2)NS(=O)(=O)c2ccc([N+](=O)[O-])cc2)C1Sc1ccccc1. The van der Waals surface area contributed by atoms with Crippen molar-refractivity contribution in [2.45, 2.75) is 34.0 Å². The van der Waals surface area contributed by atoms with Gasteiger partial charge in [0.25, 0.3) is 5.69 Å². The first-order valence-corrected chi connectivity index (χ1v) is 13.5. The Bertz CT molecular complexity index is 1350. The van der Waals surface area contributed by atoms with E-state index in [-0.39, 0.29) is 35.8 Å². The van der Waals surface area contributed by atoms with Crippen molar-refractivity contribution in [3.05, 3.63) is 101 Å². The van der Waals surface area contributed by atoms with E-state index in [2.05, 4.69) is 4.72 Å². The summed E-state index contributed by atoms with van der Waals surface area (Å²) in [5.41, 5.74) is 0.488. The van der Waals surface area contributed by atoms with Crippen LogP contribution in [0, 0.1) is 10.1 Å². The molecule has 0 aliphatic carbocycles. The minimum Gasteiger partial charge on any atom is -0.321 e. The number of rotatable bonds is 9. The molecule has 1 aliphatic heterocycles. The van der Waals surface area contributed by atoms with Crippen molar-refractivity contribution in [1.29, 1.82) is 0 Å². The number of ketones is 1. The summed E-state index contributed by atoms with van der Waals surface area (Å²) < 4.78 is 28.8. The average Bonchev–Trinajstić information content (AvgIpc) is 3.24. The van der Waals surface area contributed by atoms with Gasteiger partial charge in [0.2, 0.25) is 15.9 Å². The van der Waals surface area contributed by atoms with Crippen LogP contribution in [0.3, 0.4) is 0 Å². The smallest absolute Gasteiger partial charge is 0.269 e. The van der Waals surface area contributed by atoms with E-state index in [4.69, 9.17) is 0 Å². The van der Waals surface area contributed by atoms with Gasteiger partial charge < -0.3 is 4.90 Å². The highest BCUT2D eigenvalue weighted by atomic mass is 32.2.